The molecule has 158 valence electrons. The molecule has 2 heterocycles. The van der Waals surface area contributed by atoms with Gasteiger partial charge in [0, 0.05) is 31.3 Å². The highest BCUT2D eigenvalue weighted by Crippen LogP contribution is 2.38. The molecule has 0 unspecified atom stereocenters. The lowest BCUT2D eigenvalue weighted by atomic mass is 9.99. The summed E-state index contributed by atoms with van der Waals surface area (Å²) in [6, 6.07) is 3.10. The van der Waals surface area contributed by atoms with E-state index in [1.165, 1.54) is 10.7 Å². The Morgan fingerprint density at radius 2 is 1.83 bits per heavy atom. The van der Waals surface area contributed by atoms with E-state index in [1.807, 2.05) is 4.90 Å². The van der Waals surface area contributed by atoms with E-state index in [9.17, 15) is 18.4 Å². The van der Waals surface area contributed by atoms with Crippen molar-refractivity contribution < 1.29 is 18.0 Å². The number of benzene rings is 1. The van der Waals surface area contributed by atoms with Crippen LogP contribution >= 0.6 is 23.2 Å². The number of hydrogen-bond donors (Lipinski definition) is 2. The second-order valence-corrected chi connectivity index (χ2v) is 7.73. The van der Waals surface area contributed by atoms with E-state index in [4.69, 9.17) is 34.3 Å². The number of aromatic nitrogens is 2. The first-order chi connectivity index (χ1) is 14.1. The van der Waals surface area contributed by atoms with E-state index in [0.717, 1.165) is 12.1 Å². The van der Waals surface area contributed by atoms with Gasteiger partial charge in [-0.15, -0.1) is 4.68 Å². The van der Waals surface area contributed by atoms with Crippen LogP contribution in [0.3, 0.4) is 0 Å². The third-order valence-corrected chi connectivity index (χ3v) is 5.70. The highest BCUT2D eigenvalue weighted by atomic mass is 35.5. The Morgan fingerprint density at radius 1 is 1.17 bits per heavy atom. The zero-order valence-electron chi connectivity index (χ0n) is 15.4. The molecule has 1 aromatic carbocycles. The SMILES string of the molecule is N=C1C(Cl)=CC(=C2c3c4ccc(C(F)(F)F)cc4[n+]([O-])n3CCN2CCN)C=C1Cl. The molecule has 30 heavy (non-hydrogen) atoms. The summed E-state index contributed by atoms with van der Waals surface area (Å²) in [5.74, 6) is 0. The number of rotatable bonds is 2. The van der Waals surface area contributed by atoms with Crippen molar-refractivity contribution >= 4 is 45.5 Å². The van der Waals surface area contributed by atoms with Gasteiger partial charge in [-0.3, -0.25) is 5.41 Å². The summed E-state index contributed by atoms with van der Waals surface area (Å²) in [6.07, 6.45) is -1.45. The molecule has 2 aliphatic rings. The molecule has 0 amide bonds. The highest BCUT2D eigenvalue weighted by Gasteiger charge is 2.36. The zero-order chi connectivity index (χ0) is 21.8. The summed E-state index contributed by atoms with van der Waals surface area (Å²) in [7, 11) is 0. The largest absolute Gasteiger partial charge is 0.595 e. The number of nitrogens with two attached hydrogens (primary N) is 1. The molecule has 1 aromatic heterocycles. The van der Waals surface area contributed by atoms with Crippen molar-refractivity contribution in [2.24, 2.45) is 5.73 Å². The van der Waals surface area contributed by atoms with Crippen molar-refractivity contribution in [3.63, 3.8) is 0 Å². The summed E-state index contributed by atoms with van der Waals surface area (Å²) in [4.78, 5) is 2.43. The van der Waals surface area contributed by atoms with Gasteiger partial charge < -0.3 is 15.8 Å². The van der Waals surface area contributed by atoms with Gasteiger partial charge in [0.1, 0.15) is 5.69 Å². The van der Waals surface area contributed by atoms with Crippen LogP contribution in [0.15, 0.2) is 46.0 Å². The van der Waals surface area contributed by atoms with Gasteiger partial charge in [-0.2, -0.15) is 13.2 Å². The van der Waals surface area contributed by atoms with Crippen LogP contribution in [-0.2, 0) is 12.7 Å². The summed E-state index contributed by atoms with van der Waals surface area (Å²) in [6.45, 7) is 1.48. The summed E-state index contributed by atoms with van der Waals surface area (Å²) >= 11 is 12.3. The van der Waals surface area contributed by atoms with Crippen LogP contribution in [-0.4, -0.2) is 34.9 Å². The standard InChI is InChI=1S/C19H16Cl2F3N5O/c20-13-7-10(8-14(21)16(13)26)17-18-12-2-1-11(19(22,23)24)9-15(12)29(30)28(18)6-5-27(17)4-3-25/h1-2,7-9,26H,3-6,25H2. The number of alkyl halides is 3. The zero-order valence-corrected chi connectivity index (χ0v) is 16.9. The number of fused-ring (bicyclic) bond motifs is 3. The monoisotopic (exact) mass is 457 g/mol. The number of nitrogens with one attached hydrogen (secondary N) is 1. The van der Waals surface area contributed by atoms with E-state index in [1.54, 1.807) is 12.2 Å². The van der Waals surface area contributed by atoms with Crippen LogP contribution in [0, 0.1) is 10.6 Å². The van der Waals surface area contributed by atoms with Crippen LogP contribution in [0.5, 0.6) is 0 Å². The predicted molar refractivity (Wildman–Crippen MR) is 109 cm³/mol. The molecule has 2 aromatic rings. The van der Waals surface area contributed by atoms with Crippen LogP contribution in [0.1, 0.15) is 11.3 Å². The molecule has 0 bridgehead atoms. The van der Waals surface area contributed by atoms with Gasteiger partial charge in [-0.05, 0) is 24.3 Å². The van der Waals surface area contributed by atoms with Crippen molar-refractivity contribution in [2.75, 3.05) is 19.6 Å². The van der Waals surface area contributed by atoms with Crippen molar-refractivity contribution in [1.82, 2.24) is 9.58 Å². The summed E-state index contributed by atoms with van der Waals surface area (Å²) < 4.78 is 40.9. The average Bonchev–Trinajstić information content (AvgIpc) is 2.97. The quantitative estimate of drug-likeness (QED) is 0.533. The van der Waals surface area contributed by atoms with Gasteiger partial charge in [0.25, 0.3) is 5.52 Å². The van der Waals surface area contributed by atoms with Crippen molar-refractivity contribution in [1.29, 1.82) is 5.41 Å². The van der Waals surface area contributed by atoms with Gasteiger partial charge in [0.05, 0.1) is 39.0 Å². The molecule has 11 heteroatoms. The second kappa shape index (κ2) is 7.33. The fourth-order valence-electron chi connectivity index (χ4n) is 3.76. The number of hydrogen-bond acceptors (Lipinski definition) is 4. The van der Waals surface area contributed by atoms with Crippen LogP contribution in [0.4, 0.5) is 13.2 Å². The third kappa shape index (κ3) is 3.27. The van der Waals surface area contributed by atoms with Crippen LogP contribution in [0.25, 0.3) is 16.6 Å². The van der Waals surface area contributed by atoms with Crippen molar-refractivity contribution in [3.8, 4) is 0 Å². The second-order valence-electron chi connectivity index (χ2n) is 6.91. The Labute approximate surface area is 179 Å². The molecule has 0 fully saturated rings. The minimum Gasteiger partial charge on any atom is -0.595 e. The minimum atomic E-state index is -4.56. The third-order valence-electron chi connectivity index (χ3n) is 5.10. The Kier molecular flexibility index (Phi) is 5.08. The van der Waals surface area contributed by atoms with Crippen molar-refractivity contribution in [2.45, 2.75) is 12.7 Å². The fraction of sp³-hybridized carbons (Fsp3) is 0.263. The molecule has 0 atom stereocenters. The average molecular weight is 458 g/mol. The molecular weight excluding hydrogens is 442 g/mol. The van der Waals surface area contributed by atoms with E-state index < -0.39 is 11.7 Å². The van der Waals surface area contributed by atoms with Gasteiger partial charge in [-0.1, -0.05) is 28.0 Å². The molecule has 1 aliphatic carbocycles. The Bertz CT molecular complexity index is 1140. The van der Waals surface area contributed by atoms with E-state index in [-0.39, 0.29) is 27.8 Å². The molecule has 0 saturated heterocycles. The van der Waals surface area contributed by atoms with Gasteiger partial charge in [0.15, 0.2) is 0 Å². The highest BCUT2D eigenvalue weighted by molar-refractivity contribution is 6.56. The Hall–Kier alpha value is -2.49. The molecule has 0 spiro atoms. The molecule has 3 N–H and O–H groups in total. The molecule has 0 radical (unpaired) electrons. The predicted octanol–water partition coefficient (Wildman–Crippen LogP) is 3.56. The van der Waals surface area contributed by atoms with E-state index in [0.29, 0.717) is 46.8 Å². The van der Waals surface area contributed by atoms with Crippen LogP contribution < -0.4 is 10.6 Å². The molecule has 6 nitrogen and oxygen atoms in total. The molecule has 1 aliphatic heterocycles. The van der Waals surface area contributed by atoms with Crippen LogP contribution in [0.2, 0.25) is 0 Å². The first-order valence-corrected chi connectivity index (χ1v) is 9.75. The topological polar surface area (TPSA) is 85.0 Å². The lowest BCUT2D eigenvalue weighted by molar-refractivity contribution is -0.671. The van der Waals surface area contributed by atoms with Gasteiger partial charge in [-0.25, -0.2) is 0 Å². The Balaban J connectivity index is 2.03. The van der Waals surface area contributed by atoms with Gasteiger partial charge in [0.2, 0.25) is 0 Å². The minimum absolute atomic E-state index is 0.0298. The Morgan fingerprint density at radius 3 is 2.43 bits per heavy atom. The fourth-order valence-corrected chi connectivity index (χ4v) is 4.25. The molecule has 0 saturated carbocycles. The lowest BCUT2D eigenvalue weighted by Crippen LogP contribution is -2.45. The van der Waals surface area contributed by atoms with E-state index >= 15 is 0 Å². The smallest absolute Gasteiger partial charge is 0.416 e. The number of allylic oxidation sites excluding steroid dienone is 5. The molecule has 4 rings (SSSR count). The summed E-state index contributed by atoms with van der Waals surface area (Å²) in [5, 5.41) is 21.4. The number of halogens is 5. The summed E-state index contributed by atoms with van der Waals surface area (Å²) in [5.41, 5.74) is 6.33. The first-order valence-electron chi connectivity index (χ1n) is 9.00. The van der Waals surface area contributed by atoms with Gasteiger partial charge >= 0.3 is 6.18 Å². The van der Waals surface area contributed by atoms with E-state index in [2.05, 4.69) is 0 Å². The lowest BCUT2D eigenvalue weighted by Gasteiger charge is -2.32. The number of nitrogens with zero attached hydrogens (tertiary/aromatic N) is 3. The van der Waals surface area contributed by atoms with Crippen molar-refractivity contribution in [3.05, 3.63) is 62.5 Å². The maximum absolute atomic E-state index is 13.2. The first kappa shape index (κ1) is 20.8. The maximum Gasteiger partial charge on any atom is 0.416 e. The normalized spacial score (nSPS) is 17.4. The maximum atomic E-state index is 13.2. The molecular formula is C19H16Cl2F3N5O.